The van der Waals surface area contributed by atoms with E-state index in [0.717, 1.165) is 0 Å². The van der Waals surface area contributed by atoms with E-state index in [-0.39, 0.29) is 12.2 Å². The molecule has 2 aromatic rings. The van der Waals surface area contributed by atoms with E-state index in [1.54, 1.807) is 25.2 Å². The maximum Gasteiger partial charge on any atom is 0.243 e. The van der Waals surface area contributed by atoms with Crippen molar-refractivity contribution in [2.24, 2.45) is 0 Å². The average molecular weight is 291 g/mol. The Morgan fingerprint density at radius 2 is 1.90 bits per heavy atom. The number of carbonyl (C=O) groups is 1. The first kappa shape index (κ1) is 14.8. The summed E-state index contributed by atoms with van der Waals surface area (Å²) in [6.07, 6.45) is 0. The molecule has 4 nitrogen and oxygen atoms in total. The molecule has 0 spiro atoms. The van der Waals surface area contributed by atoms with E-state index >= 15 is 0 Å². The summed E-state index contributed by atoms with van der Waals surface area (Å²) in [7, 11) is 1.58. The summed E-state index contributed by atoms with van der Waals surface area (Å²) in [6.45, 7) is -0.116. The molecule has 0 fully saturated rings. The van der Waals surface area contributed by atoms with Gasteiger partial charge >= 0.3 is 0 Å². The van der Waals surface area contributed by atoms with Crippen molar-refractivity contribution in [2.45, 2.75) is 0 Å². The van der Waals surface area contributed by atoms with Crippen LogP contribution in [0.2, 0.25) is 0 Å². The van der Waals surface area contributed by atoms with Gasteiger partial charge in [-0.05, 0) is 30.3 Å². The quantitative estimate of drug-likeness (QED) is 0.851. The van der Waals surface area contributed by atoms with Crippen molar-refractivity contribution in [3.63, 3.8) is 0 Å². The van der Waals surface area contributed by atoms with Crippen LogP contribution in [0.1, 0.15) is 0 Å². The minimum absolute atomic E-state index is 0.00179. The van der Waals surface area contributed by atoms with Crippen LogP contribution in [0.4, 0.5) is 25.8 Å². The lowest BCUT2D eigenvalue weighted by Crippen LogP contribution is -2.30. The van der Waals surface area contributed by atoms with Crippen molar-refractivity contribution >= 4 is 23.0 Å². The standard InChI is InChI=1S/C15H15F2N3O/c1-20(14-5-3-2-4-12(14)17)9-15(21)19-13-8-10(18)6-7-11(13)16/h2-8H,9,18H2,1H3,(H,19,21). The fourth-order valence-corrected chi connectivity index (χ4v) is 1.89. The number of benzene rings is 2. The van der Waals surface area contributed by atoms with E-state index in [0.29, 0.717) is 11.4 Å². The third-order valence-electron chi connectivity index (χ3n) is 2.91. The zero-order valence-corrected chi connectivity index (χ0v) is 11.4. The number of nitrogens with two attached hydrogens (primary N) is 1. The molecule has 21 heavy (non-hydrogen) atoms. The van der Waals surface area contributed by atoms with Crippen molar-refractivity contribution in [3.05, 3.63) is 54.1 Å². The minimum Gasteiger partial charge on any atom is -0.399 e. The van der Waals surface area contributed by atoms with Crippen LogP contribution >= 0.6 is 0 Å². The number of nitrogen functional groups attached to an aromatic ring is 1. The molecule has 2 aromatic carbocycles. The number of nitrogens with zero attached hydrogens (tertiary/aromatic N) is 1. The van der Waals surface area contributed by atoms with E-state index in [9.17, 15) is 13.6 Å². The number of rotatable bonds is 4. The number of hydrogen-bond acceptors (Lipinski definition) is 3. The normalized spacial score (nSPS) is 10.2. The van der Waals surface area contributed by atoms with Crippen molar-refractivity contribution in [1.29, 1.82) is 0 Å². The highest BCUT2D eigenvalue weighted by molar-refractivity contribution is 5.94. The molecule has 0 aliphatic heterocycles. The summed E-state index contributed by atoms with van der Waals surface area (Å²) in [4.78, 5) is 13.3. The fourth-order valence-electron chi connectivity index (χ4n) is 1.89. The van der Waals surface area contributed by atoms with Crippen molar-refractivity contribution in [2.75, 3.05) is 29.5 Å². The predicted molar refractivity (Wildman–Crippen MR) is 79.1 cm³/mol. The molecular formula is C15H15F2N3O. The largest absolute Gasteiger partial charge is 0.399 e. The van der Waals surface area contributed by atoms with Gasteiger partial charge in [0.2, 0.25) is 5.91 Å². The smallest absolute Gasteiger partial charge is 0.243 e. The maximum atomic E-state index is 13.6. The van der Waals surface area contributed by atoms with Crippen LogP contribution in [0.15, 0.2) is 42.5 Å². The zero-order valence-electron chi connectivity index (χ0n) is 11.4. The van der Waals surface area contributed by atoms with Crippen LogP contribution < -0.4 is 16.0 Å². The lowest BCUT2D eigenvalue weighted by atomic mass is 10.2. The Morgan fingerprint density at radius 1 is 1.19 bits per heavy atom. The first-order valence-electron chi connectivity index (χ1n) is 6.28. The molecule has 110 valence electrons. The Hall–Kier alpha value is -2.63. The minimum atomic E-state index is -0.578. The summed E-state index contributed by atoms with van der Waals surface area (Å²) in [6, 6.07) is 10.0. The highest BCUT2D eigenvalue weighted by Gasteiger charge is 2.12. The molecule has 0 atom stereocenters. The van der Waals surface area contributed by atoms with Gasteiger partial charge in [0.05, 0.1) is 17.9 Å². The number of hydrogen-bond donors (Lipinski definition) is 2. The van der Waals surface area contributed by atoms with Gasteiger partial charge < -0.3 is 16.0 Å². The Kier molecular flexibility index (Phi) is 4.37. The summed E-state index contributed by atoms with van der Waals surface area (Å²) >= 11 is 0. The first-order valence-corrected chi connectivity index (χ1v) is 6.28. The Bertz CT molecular complexity index is 661. The van der Waals surface area contributed by atoms with Crippen LogP contribution in [0.25, 0.3) is 0 Å². The Balaban J connectivity index is 2.05. The molecule has 0 heterocycles. The zero-order chi connectivity index (χ0) is 15.4. The number of anilines is 3. The molecule has 0 saturated carbocycles. The third-order valence-corrected chi connectivity index (χ3v) is 2.91. The molecule has 0 aromatic heterocycles. The van der Waals surface area contributed by atoms with Crippen LogP contribution in [-0.2, 0) is 4.79 Å². The molecule has 0 unspecified atom stereocenters. The van der Waals surface area contributed by atoms with E-state index < -0.39 is 17.5 Å². The molecular weight excluding hydrogens is 276 g/mol. The number of carbonyl (C=O) groups excluding carboxylic acids is 1. The van der Waals surface area contributed by atoms with Crippen molar-refractivity contribution in [3.8, 4) is 0 Å². The molecule has 3 N–H and O–H groups in total. The fraction of sp³-hybridized carbons (Fsp3) is 0.133. The first-order chi connectivity index (χ1) is 9.97. The number of nitrogens with one attached hydrogen (secondary N) is 1. The summed E-state index contributed by atoms with van der Waals surface area (Å²) in [5.74, 6) is -1.47. The monoisotopic (exact) mass is 291 g/mol. The van der Waals surface area contributed by atoms with Gasteiger partial charge in [-0.25, -0.2) is 8.78 Å². The van der Waals surface area contributed by atoms with E-state index in [4.69, 9.17) is 5.73 Å². The van der Waals surface area contributed by atoms with E-state index in [1.807, 2.05) is 0 Å². The van der Waals surface area contributed by atoms with Gasteiger partial charge in [-0.15, -0.1) is 0 Å². The van der Waals surface area contributed by atoms with Gasteiger partial charge in [0, 0.05) is 12.7 Å². The second-order valence-electron chi connectivity index (χ2n) is 4.59. The van der Waals surface area contributed by atoms with Gasteiger partial charge in [0.1, 0.15) is 11.6 Å². The van der Waals surface area contributed by atoms with Gasteiger partial charge in [0.25, 0.3) is 0 Å². The maximum absolute atomic E-state index is 13.6. The van der Waals surface area contributed by atoms with E-state index in [2.05, 4.69) is 5.32 Å². The molecule has 0 radical (unpaired) electrons. The van der Waals surface area contributed by atoms with Gasteiger partial charge in [-0.3, -0.25) is 4.79 Å². The summed E-state index contributed by atoms with van der Waals surface area (Å²) in [5, 5.41) is 2.41. The van der Waals surface area contributed by atoms with Crippen LogP contribution in [0.5, 0.6) is 0 Å². The average Bonchev–Trinajstić information content (AvgIpc) is 2.43. The number of amides is 1. The second kappa shape index (κ2) is 6.21. The molecule has 1 amide bonds. The molecule has 0 saturated heterocycles. The lowest BCUT2D eigenvalue weighted by molar-refractivity contribution is -0.114. The number of halogens is 2. The Labute approximate surface area is 121 Å². The molecule has 0 bridgehead atoms. The number of para-hydroxylation sites is 1. The lowest BCUT2D eigenvalue weighted by Gasteiger charge is -2.19. The third kappa shape index (κ3) is 3.68. The highest BCUT2D eigenvalue weighted by atomic mass is 19.1. The number of likely N-dealkylation sites (N-methyl/N-ethyl adjacent to an activating group) is 1. The molecule has 2 rings (SSSR count). The van der Waals surface area contributed by atoms with Crippen molar-refractivity contribution in [1.82, 2.24) is 0 Å². The van der Waals surface area contributed by atoms with Gasteiger partial charge in [-0.1, -0.05) is 12.1 Å². The van der Waals surface area contributed by atoms with Crippen LogP contribution in [0.3, 0.4) is 0 Å². The topological polar surface area (TPSA) is 58.4 Å². The van der Waals surface area contributed by atoms with Gasteiger partial charge in [-0.2, -0.15) is 0 Å². The van der Waals surface area contributed by atoms with Crippen LogP contribution in [-0.4, -0.2) is 19.5 Å². The van der Waals surface area contributed by atoms with Gasteiger partial charge in [0.15, 0.2) is 0 Å². The Morgan fingerprint density at radius 3 is 2.62 bits per heavy atom. The van der Waals surface area contributed by atoms with E-state index in [1.165, 1.54) is 29.2 Å². The highest BCUT2D eigenvalue weighted by Crippen LogP contribution is 2.19. The molecule has 6 heteroatoms. The van der Waals surface area contributed by atoms with Crippen molar-refractivity contribution < 1.29 is 13.6 Å². The molecule has 0 aliphatic carbocycles. The summed E-state index contributed by atoms with van der Waals surface area (Å²) < 4.78 is 27.1. The van der Waals surface area contributed by atoms with Crippen LogP contribution in [0, 0.1) is 11.6 Å². The SMILES string of the molecule is CN(CC(=O)Nc1cc(N)ccc1F)c1ccccc1F. The molecule has 0 aliphatic rings. The summed E-state index contributed by atoms with van der Waals surface area (Å²) in [5.41, 5.74) is 6.17. The predicted octanol–water partition coefficient (Wildman–Crippen LogP) is 2.62. The second-order valence-corrected chi connectivity index (χ2v) is 4.59.